The Morgan fingerprint density at radius 2 is 1.84 bits per heavy atom. The van der Waals surface area contributed by atoms with Crippen molar-refractivity contribution in [3.05, 3.63) is 29.8 Å². The first-order chi connectivity index (χ1) is 8.79. The van der Waals surface area contributed by atoms with Gasteiger partial charge in [0.2, 0.25) is 9.05 Å². The summed E-state index contributed by atoms with van der Waals surface area (Å²) in [6, 6.07) is 3.48. The molecule has 7 heteroatoms. The minimum absolute atomic E-state index is 0.0309. The molecule has 0 aliphatic rings. The summed E-state index contributed by atoms with van der Waals surface area (Å²) in [6.07, 6.45) is 0.870. The SMILES string of the molecule is CC(CCOc1c(F)cccc1F)CCS(=O)(=O)Cl. The van der Waals surface area contributed by atoms with Crippen LogP contribution in [0.5, 0.6) is 5.75 Å². The Balaban J connectivity index is 2.38. The molecule has 0 radical (unpaired) electrons. The summed E-state index contributed by atoms with van der Waals surface area (Å²) in [4.78, 5) is 0. The van der Waals surface area contributed by atoms with Crippen LogP contribution in [0.15, 0.2) is 18.2 Å². The van der Waals surface area contributed by atoms with Gasteiger partial charge in [-0.25, -0.2) is 17.2 Å². The van der Waals surface area contributed by atoms with Crippen LogP contribution in [0.2, 0.25) is 0 Å². The van der Waals surface area contributed by atoms with Crippen LogP contribution in [0.25, 0.3) is 0 Å². The molecule has 0 spiro atoms. The Bertz CT molecular complexity index is 499. The van der Waals surface area contributed by atoms with Crippen LogP contribution in [0.3, 0.4) is 0 Å². The van der Waals surface area contributed by atoms with E-state index in [4.69, 9.17) is 15.4 Å². The van der Waals surface area contributed by atoms with Crippen molar-refractivity contribution in [1.29, 1.82) is 0 Å². The molecule has 108 valence electrons. The molecule has 1 rings (SSSR count). The maximum Gasteiger partial charge on any atom is 0.232 e. The number of rotatable bonds is 7. The van der Waals surface area contributed by atoms with Gasteiger partial charge in [-0.3, -0.25) is 0 Å². The van der Waals surface area contributed by atoms with E-state index >= 15 is 0 Å². The molecule has 19 heavy (non-hydrogen) atoms. The van der Waals surface area contributed by atoms with Gasteiger partial charge in [-0.1, -0.05) is 13.0 Å². The van der Waals surface area contributed by atoms with Gasteiger partial charge in [-0.05, 0) is 30.9 Å². The second kappa shape index (κ2) is 7.05. The topological polar surface area (TPSA) is 43.4 Å². The number of halogens is 3. The third-order valence-electron chi connectivity index (χ3n) is 2.63. The third-order valence-corrected chi connectivity index (χ3v) is 3.82. The van der Waals surface area contributed by atoms with E-state index < -0.39 is 26.4 Å². The molecule has 3 nitrogen and oxygen atoms in total. The Kier molecular flexibility index (Phi) is 6.00. The van der Waals surface area contributed by atoms with Crippen LogP contribution >= 0.6 is 10.7 Å². The highest BCUT2D eigenvalue weighted by Crippen LogP contribution is 2.21. The quantitative estimate of drug-likeness (QED) is 0.725. The van der Waals surface area contributed by atoms with E-state index in [9.17, 15) is 17.2 Å². The average Bonchev–Trinajstić information content (AvgIpc) is 2.29. The average molecular weight is 313 g/mol. The fourth-order valence-corrected chi connectivity index (χ4v) is 2.42. The summed E-state index contributed by atoms with van der Waals surface area (Å²) < 4.78 is 53.0. The lowest BCUT2D eigenvalue weighted by molar-refractivity contribution is 0.258. The van der Waals surface area contributed by atoms with E-state index in [1.165, 1.54) is 6.07 Å². The van der Waals surface area contributed by atoms with E-state index in [-0.39, 0.29) is 18.3 Å². The standard InChI is InChI=1S/C12H15ClF2O3S/c1-9(6-8-19(13,16)17)5-7-18-12-10(14)3-2-4-11(12)15/h2-4,9H,5-8H2,1H3. The normalized spacial score (nSPS) is 13.3. The van der Waals surface area contributed by atoms with Crippen molar-refractivity contribution in [3.63, 3.8) is 0 Å². The Labute approximate surface area is 115 Å². The van der Waals surface area contributed by atoms with Crippen LogP contribution in [0, 0.1) is 17.6 Å². The van der Waals surface area contributed by atoms with Crippen molar-refractivity contribution in [2.75, 3.05) is 12.4 Å². The highest BCUT2D eigenvalue weighted by atomic mass is 35.7. The Morgan fingerprint density at radius 3 is 2.37 bits per heavy atom. The largest absolute Gasteiger partial charge is 0.488 e. The van der Waals surface area contributed by atoms with Gasteiger partial charge < -0.3 is 4.74 Å². The molecule has 0 saturated heterocycles. The lowest BCUT2D eigenvalue weighted by Crippen LogP contribution is -2.09. The summed E-state index contributed by atoms with van der Waals surface area (Å²) in [6.45, 7) is 1.94. The fourth-order valence-electron chi connectivity index (χ4n) is 1.47. The Hall–Kier alpha value is -0.880. The predicted octanol–water partition coefficient (Wildman–Crippen LogP) is 3.33. The first kappa shape index (κ1) is 16.2. The van der Waals surface area contributed by atoms with Gasteiger partial charge in [-0.15, -0.1) is 0 Å². The second-order valence-corrected chi connectivity index (χ2v) is 7.22. The van der Waals surface area contributed by atoms with Crippen LogP contribution < -0.4 is 4.74 Å². The molecule has 0 saturated carbocycles. The molecule has 0 aliphatic heterocycles. The summed E-state index contributed by atoms with van der Waals surface area (Å²) in [5.74, 6) is -2.00. The molecule has 1 atom stereocenters. The Morgan fingerprint density at radius 1 is 1.26 bits per heavy atom. The smallest absolute Gasteiger partial charge is 0.232 e. The van der Waals surface area contributed by atoms with Gasteiger partial charge in [0.15, 0.2) is 17.4 Å². The molecule has 0 fully saturated rings. The van der Waals surface area contributed by atoms with Crippen molar-refractivity contribution in [2.24, 2.45) is 5.92 Å². The van der Waals surface area contributed by atoms with E-state index in [0.29, 0.717) is 12.8 Å². The zero-order chi connectivity index (χ0) is 14.5. The van der Waals surface area contributed by atoms with Crippen LogP contribution in [-0.4, -0.2) is 20.8 Å². The zero-order valence-corrected chi connectivity index (χ0v) is 12.0. The molecule has 0 heterocycles. The molecule has 0 bridgehead atoms. The van der Waals surface area contributed by atoms with Gasteiger partial charge in [0, 0.05) is 10.7 Å². The summed E-state index contributed by atoms with van der Waals surface area (Å²) >= 11 is 0. The van der Waals surface area contributed by atoms with E-state index in [1.54, 1.807) is 0 Å². The lowest BCUT2D eigenvalue weighted by atomic mass is 10.1. The summed E-state index contributed by atoms with van der Waals surface area (Å²) in [5.41, 5.74) is 0. The van der Waals surface area contributed by atoms with Crippen LogP contribution in [-0.2, 0) is 9.05 Å². The first-order valence-electron chi connectivity index (χ1n) is 5.78. The fraction of sp³-hybridized carbons (Fsp3) is 0.500. The molecule has 1 aromatic carbocycles. The highest BCUT2D eigenvalue weighted by Gasteiger charge is 2.12. The first-order valence-corrected chi connectivity index (χ1v) is 8.26. The van der Waals surface area contributed by atoms with Crippen molar-refractivity contribution in [1.82, 2.24) is 0 Å². The minimum Gasteiger partial charge on any atom is -0.488 e. The van der Waals surface area contributed by atoms with Crippen molar-refractivity contribution in [2.45, 2.75) is 19.8 Å². The molecule has 0 amide bonds. The van der Waals surface area contributed by atoms with Crippen LogP contribution in [0.4, 0.5) is 8.78 Å². The van der Waals surface area contributed by atoms with Crippen molar-refractivity contribution < 1.29 is 21.9 Å². The highest BCUT2D eigenvalue weighted by molar-refractivity contribution is 8.13. The molecular weight excluding hydrogens is 298 g/mol. The number of para-hydroxylation sites is 1. The zero-order valence-electron chi connectivity index (χ0n) is 10.4. The molecule has 0 aliphatic carbocycles. The van der Waals surface area contributed by atoms with Crippen molar-refractivity contribution >= 4 is 19.7 Å². The molecular formula is C12H15ClF2O3S. The maximum atomic E-state index is 13.2. The summed E-state index contributed by atoms with van der Waals surface area (Å²) in [7, 11) is 1.59. The minimum atomic E-state index is -3.50. The van der Waals surface area contributed by atoms with E-state index in [1.807, 2.05) is 6.92 Å². The van der Waals surface area contributed by atoms with Crippen molar-refractivity contribution in [3.8, 4) is 5.75 Å². The van der Waals surface area contributed by atoms with Gasteiger partial charge >= 0.3 is 0 Å². The van der Waals surface area contributed by atoms with Crippen LogP contribution in [0.1, 0.15) is 19.8 Å². The van der Waals surface area contributed by atoms with E-state index in [2.05, 4.69) is 0 Å². The second-order valence-electron chi connectivity index (χ2n) is 4.32. The van der Waals surface area contributed by atoms with E-state index in [0.717, 1.165) is 12.1 Å². The van der Waals surface area contributed by atoms with Gasteiger partial charge in [0.05, 0.1) is 12.4 Å². The molecule has 1 aromatic rings. The number of hydrogen-bond acceptors (Lipinski definition) is 3. The third kappa shape index (κ3) is 6.20. The van der Waals surface area contributed by atoms with Gasteiger partial charge in [0.1, 0.15) is 0 Å². The number of ether oxygens (including phenoxy) is 1. The molecule has 0 aromatic heterocycles. The monoisotopic (exact) mass is 312 g/mol. The summed E-state index contributed by atoms with van der Waals surface area (Å²) in [5, 5.41) is 0. The molecule has 0 N–H and O–H groups in total. The predicted molar refractivity (Wildman–Crippen MR) is 69.9 cm³/mol. The number of benzene rings is 1. The maximum absolute atomic E-state index is 13.2. The molecule has 1 unspecified atom stereocenters. The number of hydrogen-bond donors (Lipinski definition) is 0. The lowest BCUT2D eigenvalue weighted by Gasteiger charge is -2.12. The van der Waals surface area contributed by atoms with Gasteiger partial charge in [0.25, 0.3) is 0 Å². The van der Waals surface area contributed by atoms with Gasteiger partial charge in [-0.2, -0.15) is 0 Å².